The molecule has 10 nitrogen and oxygen atoms in total. The third-order valence-corrected chi connectivity index (χ3v) is 2.85. The molecule has 0 spiro atoms. The van der Waals surface area contributed by atoms with Crippen molar-refractivity contribution in [3.8, 4) is 0 Å². The summed E-state index contributed by atoms with van der Waals surface area (Å²) in [5, 5.41) is 10.7. The molecule has 10 heteroatoms. The zero-order valence-corrected chi connectivity index (χ0v) is 12.3. The molecule has 1 atom stereocenters. The Balaban J connectivity index is 5.19. The number of unbranched alkanes of at least 4 members (excludes halogenated alkanes) is 1. The number of nitrogens with two attached hydrogens (primary N) is 3. The van der Waals surface area contributed by atoms with Crippen molar-refractivity contribution in [3.05, 3.63) is 0 Å². The number of hydrogen-bond donors (Lipinski definition) is 5. The SMILES string of the molecule is NCCCC[C@@H](C(=O)NCC(=O)O)N(C(=O)CN)C(=O)CN. The standard InChI is InChI=1S/C12H23N5O5/c13-4-2-1-3-8(12(22)16-7-11(20)21)17(9(18)5-14)10(19)6-15/h8H,1-7,13-15H2,(H,16,22)(H,20,21)/t8-/m0/s1. The Morgan fingerprint density at radius 2 is 1.55 bits per heavy atom. The molecule has 0 saturated heterocycles. The van der Waals surface area contributed by atoms with Crippen molar-refractivity contribution in [2.24, 2.45) is 17.2 Å². The van der Waals surface area contributed by atoms with Gasteiger partial charge in [-0.15, -0.1) is 0 Å². The summed E-state index contributed by atoms with van der Waals surface area (Å²) in [5.41, 5.74) is 15.9. The molecule has 3 amide bonds. The van der Waals surface area contributed by atoms with Gasteiger partial charge in [0.05, 0.1) is 13.1 Å². The molecule has 0 fully saturated rings. The first-order chi connectivity index (χ1) is 10.4. The first-order valence-electron chi connectivity index (χ1n) is 6.83. The number of carboxylic acids is 1. The highest BCUT2D eigenvalue weighted by Crippen LogP contribution is 2.10. The van der Waals surface area contributed by atoms with Crippen LogP contribution in [-0.2, 0) is 19.2 Å². The Morgan fingerprint density at radius 3 is 1.95 bits per heavy atom. The number of carbonyl (C=O) groups excluding carboxylic acids is 3. The number of hydrogen-bond acceptors (Lipinski definition) is 7. The van der Waals surface area contributed by atoms with E-state index in [1.807, 2.05) is 0 Å². The van der Waals surface area contributed by atoms with E-state index in [1.165, 1.54) is 0 Å². The topological polar surface area (TPSA) is 182 Å². The van der Waals surface area contributed by atoms with Crippen LogP contribution in [0.2, 0.25) is 0 Å². The van der Waals surface area contributed by atoms with Gasteiger partial charge in [-0.25, -0.2) is 0 Å². The molecule has 0 unspecified atom stereocenters. The minimum absolute atomic E-state index is 0.153. The maximum Gasteiger partial charge on any atom is 0.322 e. The van der Waals surface area contributed by atoms with Crippen LogP contribution in [0.1, 0.15) is 19.3 Å². The van der Waals surface area contributed by atoms with Gasteiger partial charge in [0.25, 0.3) is 0 Å². The molecule has 0 saturated carbocycles. The monoisotopic (exact) mass is 317 g/mol. The summed E-state index contributed by atoms with van der Waals surface area (Å²) < 4.78 is 0. The van der Waals surface area contributed by atoms with Gasteiger partial charge >= 0.3 is 5.97 Å². The summed E-state index contributed by atoms with van der Waals surface area (Å²) in [6.07, 6.45) is 1.22. The molecule has 0 aliphatic rings. The maximum atomic E-state index is 12.1. The van der Waals surface area contributed by atoms with Crippen LogP contribution in [0.25, 0.3) is 0 Å². The molecule has 0 aliphatic carbocycles. The third-order valence-electron chi connectivity index (χ3n) is 2.85. The molecule has 8 N–H and O–H groups in total. The number of imide groups is 1. The van der Waals surface area contributed by atoms with Gasteiger partial charge in [-0.2, -0.15) is 0 Å². The molecule has 0 radical (unpaired) electrons. The summed E-state index contributed by atoms with van der Waals surface area (Å²) in [6, 6.07) is -1.15. The van der Waals surface area contributed by atoms with Gasteiger partial charge in [0, 0.05) is 0 Å². The lowest BCUT2D eigenvalue weighted by Crippen LogP contribution is -2.55. The van der Waals surface area contributed by atoms with E-state index >= 15 is 0 Å². The van der Waals surface area contributed by atoms with Gasteiger partial charge < -0.3 is 27.6 Å². The van der Waals surface area contributed by atoms with Gasteiger partial charge in [0.2, 0.25) is 17.7 Å². The van der Waals surface area contributed by atoms with Gasteiger partial charge in [-0.05, 0) is 25.8 Å². The lowest BCUT2D eigenvalue weighted by atomic mass is 10.1. The highest BCUT2D eigenvalue weighted by Gasteiger charge is 2.33. The normalized spacial score (nSPS) is 11.6. The Hall–Kier alpha value is -2.04. The Bertz CT molecular complexity index is 399. The second-order valence-corrected chi connectivity index (χ2v) is 4.48. The second-order valence-electron chi connectivity index (χ2n) is 4.48. The van der Waals surface area contributed by atoms with Crippen molar-refractivity contribution in [3.63, 3.8) is 0 Å². The molecule has 0 rings (SSSR count). The summed E-state index contributed by atoms with van der Waals surface area (Å²) >= 11 is 0. The van der Waals surface area contributed by atoms with E-state index < -0.39 is 49.4 Å². The fraction of sp³-hybridized carbons (Fsp3) is 0.667. The fourth-order valence-corrected chi connectivity index (χ4v) is 1.82. The number of carboxylic acid groups (broad SMARTS) is 1. The highest BCUT2D eigenvalue weighted by molar-refractivity contribution is 6.02. The molecule has 22 heavy (non-hydrogen) atoms. The number of rotatable bonds is 10. The molecular formula is C12H23N5O5. The summed E-state index contributed by atoms with van der Waals surface area (Å²) in [5.74, 6) is -3.49. The van der Waals surface area contributed by atoms with Crippen LogP contribution in [0.5, 0.6) is 0 Å². The molecule has 0 aromatic rings. The Kier molecular flexibility index (Phi) is 9.67. The number of nitrogens with zero attached hydrogens (tertiary/aromatic N) is 1. The van der Waals surface area contributed by atoms with Crippen LogP contribution >= 0.6 is 0 Å². The molecule has 0 aromatic heterocycles. The van der Waals surface area contributed by atoms with Crippen molar-refractivity contribution in [2.75, 3.05) is 26.2 Å². The van der Waals surface area contributed by atoms with Crippen LogP contribution in [0, 0.1) is 0 Å². The highest BCUT2D eigenvalue weighted by atomic mass is 16.4. The Morgan fingerprint density at radius 1 is 1.00 bits per heavy atom. The second kappa shape index (κ2) is 10.7. The smallest absolute Gasteiger partial charge is 0.322 e. The number of aliphatic carboxylic acids is 1. The molecule has 126 valence electrons. The lowest BCUT2D eigenvalue weighted by molar-refractivity contribution is -0.151. The first-order valence-corrected chi connectivity index (χ1v) is 6.83. The van der Waals surface area contributed by atoms with Crippen LogP contribution in [0.3, 0.4) is 0 Å². The van der Waals surface area contributed by atoms with Crippen molar-refractivity contribution >= 4 is 23.7 Å². The van der Waals surface area contributed by atoms with Crippen LogP contribution in [0.4, 0.5) is 0 Å². The largest absolute Gasteiger partial charge is 0.480 e. The minimum atomic E-state index is -1.24. The van der Waals surface area contributed by atoms with Gasteiger partial charge in [0.15, 0.2) is 0 Å². The van der Waals surface area contributed by atoms with Crippen molar-refractivity contribution in [1.82, 2.24) is 10.2 Å². The predicted octanol–water partition coefficient (Wildman–Crippen LogP) is -3.04. The number of carbonyl (C=O) groups is 4. The Labute approximate surface area is 128 Å². The average molecular weight is 317 g/mol. The van der Waals surface area contributed by atoms with Gasteiger partial charge in [-0.3, -0.25) is 24.1 Å². The molecular weight excluding hydrogens is 294 g/mol. The van der Waals surface area contributed by atoms with Crippen LogP contribution in [0.15, 0.2) is 0 Å². The van der Waals surface area contributed by atoms with E-state index in [9.17, 15) is 19.2 Å². The zero-order chi connectivity index (χ0) is 17.1. The third kappa shape index (κ3) is 6.61. The first kappa shape index (κ1) is 20.0. The molecule has 0 aliphatic heterocycles. The van der Waals surface area contributed by atoms with E-state index in [-0.39, 0.29) is 6.42 Å². The fourth-order valence-electron chi connectivity index (χ4n) is 1.82. The number of amides is 3. The minimum Gasteiger partial charge on any atom is -0.480 e. The lowest BCUT2D eigenvalue weighted by Gasteiger charge is -2.28. The van der Waals surface area contributed by atoms with Gasteiger partial charge in [0.1, 0.15) is 12.6 Å². The summed E-state index contributed by atoms with van der Waals surface area (Å²) in [6.45, 7) is -1.16. The molecule has 0 heterocycles. The number of nitrogens with one attached hydrogen (secondary N) is 1. The predicted molar refractivity (Wildman–Crippen MR) is 77.3 cm³/mol. The van der Waals surface area contributed by atoms with E-state index in [4.69, 9.17) is 22.3 Å². The maximum absolute atomic E-state index is 12.1. The molecule has 0 bridgehead atoms. The van der Waals surface area contributed by atoms with Gasteiger partial charge in [-0.1, -0.05) is 0 Å². The summed E-state index contributed by atoms with van der Waals surface area (Å²) in [4.78, 5) is 47.0. The zero-order valence-electron chi connectivity index (χ0n) is 12.3. The average Bonchev–Trinajstić information content (AvgIpc) is 2.50. The summed E-state index contributed by atoms with van der Waals surface area (Å²) in [7, 11) is 0. The molecule has 0 aromatic carbocycles. The van der Waals surface area contributed by atoms with Crippen molar-refractivity contribution in [2.45, 2.75) is 25.3 Å². The van der Waals surface area contributed by atoms with E-state index in [1.54, 1.807) is 0 Å². The van der Waals surface area contributed by atoms with Crippen molar-refractivity contribution < 1.29 is 24.3 Å². The van der Waals surface area contributed by atoms with Crippen molar-refractivity contribution in [1.29, 1.82) is 0 Å². The quantitative estimate of drug-likeness (QED) is 0.263. The van der Waals surface area contributed by atoms with Crippen LogP contribution in [-0.4, -0.2) is 65.9 Å². The van der Waals surface area contributed by atoms with E-state index in [0.29, 0.717) is 24.3 Å². The van der Waals surface area contributed by atoms with E-state index in [0.717, 1.165) is 0 Å². The van der Waals surface area contributed by atoms with Crippen LogP contribution < -0.4 is 22.5 Å². The van der Waals surface area contributed by atoms with E-state index in [2.05, 4.69) is 5.32 Å².